The number of ether oxygens (including phenoxy) is 1. The number of benzene rings is 1. The van der Waals surface area contributed by atoms with E-state index in [4.69, 9.17) is 4.74 Å². The van der Waals surface area contributed by atoms with E-state index in [1.807, 2.05) is 13.8 Å². The zero-order chi connectivity index (χ0) is 19.4. The van der Waals surface area contributed by atoms with Crippen molar-refractivity contribution in [2.75, 3.05) is 11.9 Å². The molecule has 3 rings (SSSR count). The van der Waals surface area contributed by atoms with Crippen molar-refractivity contribution in [1.29, 1.82) is 0 Å². The number of aryl methyl sites for hydroxylation is 2. The quantitative estimate of drug-likeness (QED) is 0.697. The SMILES string of the molecule is CCOc1cccc(C(=O)Nc2cc(C)nn2-c2nc(CC)cc(=O)[nH]2)c1. The third-order valence-electron chi connectivity index (χ3n) is 3.83. The van der Waals surface area contributed by atoms with Gasteiger partial charge in [0, 0.05) is 23.4 Å². The zero-order valence-electron chi connectivity index (χ0n) is 15.4. The van der Waals surface area contributed by atoms with E-state index < -0.39 is 0 Å². The Balaban J connectivity index is 1.93. The largest absolute Gasteiger partial charge is 0.494 e. The van der Waals surface area contributed by atoms with Crippen LogP contribution >= 0.6 is 0 Å². The van der Waals surface area contributed by atoms with Gasteiger partial charge in [-0.15, -0.1) is 0 Å². The maximum Gasteiger partial charge on any atom is 0.256 e. The molecule has 0 aliphatic rings. The lowest BCUT2D eigenvalue weighted by molar-refractivity contribution is 0.102. The van der Waals surface area contributed by atoms with Crippen molar-refractivity contribution in [2.45, 2.75) is 27.2 Å². The Bertz CT molecular complexity index is 1020. The van der Waals surface area contributed by atoms with Crippen LogP contribution in [0, 0.1) is 6.92 Å². The van der Waals surface area contributed by atoms with Gasteiger partial charge < -0.3 is 10.1 Å². The predicted octanol–water partition coefficient (Wildman–Crippen LogP) is 2.48. The molecule has 2 aromatic heterocycles. The van der Waals surface area contributed by atoms with Gasteiger partial charge in [-0.3, -0.25) is 14.6 Å². The summed E-state index contributed by atoms with van der Waals surface area (Å²) in [5.74, 6) is 0.977. The van der Waals surface area contributed by atoms with E-state index in [1.54, 1.807) is 37.3 Å². The number of hydrogen-bond donors (Lipinski definition) is 2. The third kappa shape index (κ3) is 4.22. The smallest absolute Gasteiger partial charge is 0.256 e. The van der Waals surface area contributed by atoms with E-state index in [2.05, 4.69) is 20.4 Å². The van der Waals surface area contributed by atoms with Gasteiger partial charge in [0.2, 0.25) is 5.95 Å². The fourth-order valence-electron chi connectivity index (χ4n) is 2.61. The summed E-state index contributed by atoms with van der Waals surface area (Å²) >= 11 is 0. The van der Waals surface area contributed by atoms with Gasteiger partial charge in [-0.05, 0) is 38.5 Å². The zero-order valence-corrected chi connectivity index (χ0v) is 15.4. The second kappa shape index (κ2) is 7.86. The molecule has 27 heavy (non-hydrogen) atoms. The van der Waals surface area contributed by atoms with Gasteiger partial charge in [0.15, 0.2) is 0 Å². The highest BCUT2D eigenvalue weighted by Crippen LogP contribution is 2.18. The average molecular weight is 367 g/mol. The Labute approximate surface area is 156 Å². The first-order valence-corrected chi connectivity index (χ1v) is 8.71. The summed E-state index contributed by atoms with van der Waals surface area (Å²) in [5.41, 5.74) is 1.50. The molecule has 0 fully saturated rings. The minimum absolute atomic E-state index is 0.255. The first kappa shape index (κ1) is 18.4. The van der Waals surface area contributed by atoms with Gasteiger partial charge in [-0.2, -0.15) is 9.78 Å². The van der Waals surface area contributed by atoms with Crippen LogP contribution < -0.4 is 15.6 Å². The fraction of sp³-hybridized carbons (Fsp3) is 0.263. The average Bonchev–Trinajstić information content (AvgIpc) is 3.02. The van der Waals surface area contributed by atoms with E-state index in [-0.39, 0.29) is 17.4 Å². The predicted molar refractivity (Wildman–Crippen MR) is 102 cm³/mol. The maximum absolute atomic E-state index is 12.7. The van der Waals surface area contributed by atoms with Crippen LogP contribution in [0.25, 0.3) is 5.95 Å². The summed E-state index contributed by atoms with van der Waals surface area (Å²) in [7, 11) is 0. The minimum Gasteiger partial charge on any atom is -0.494 e. The molecule has 140 valence electrons. The van der Waals surface area contributed by atoms with Crippen LogP contribution in [-0.4, -0.2) is 32.3 Å². The molecular weight excluding hydrogens is 346 g/mol. The van der Waals surface area contributed by atoms with Crippen LogP contribution in [0.15, 0.2) is 41.2 Å². The van der Waals surface area contributed by atoms with Gasteiger partial charge in [0.1, 0.15) is 11.6 Å². The molecule has 0 saturated carbocycles. The Morgan fingerprint density at radius 3 is 2.81 bits per heavy atom. The molecule has 3 aromatic rings. The molecule has 2 N–H and O–H groups in total. The van der Waals surface area contributed by atoms with E-state index in [9.17, 15) is 9.59 Å². The third-order valence-corrected chi connectivity index (χ3v) is 3.83. The van der Waals surface area contributed by atoms with Gasteiger partial charge in [-0.1, -0.05) is 13.0 Å². The van der Waals surface area contributed by atoms with Crippen molar-refractivity contribution in [2.24, 2.45) is 0 Å². The minimum atomic E-state index is -0.313. The maximum atomic E-state index is 12.7. The molecular formula is C19H21N5O3. The molecule has 0 radical (unpaired) electrons. The highest BCUT2D eigenvalue weighted by Gasteiger charge is 2.15. The van der Waals surface area contributed by atoms with Crippen molar-refractivity contribution in [3.63, 3.8) is 0 Å². The second-order valence-electron chi connectivity index (χ2n) is 5.91. The molecule has 0 bridgehead atoms. The molecule has 8 nitrogen and oxygen atoms in total. The van der Waals surface area contributed by atoms with Gasteiger partial charge in [0.25, 0.3) is 11.5 Å². The number of anilines is 1. The molecule has 1 amide bonds. The van der Waals surface area contributed by atoms with Gasteiger partial charge in [0.05, 0.1) is 12.3 Å². The normalized spacial score (nSPS) is 10.6. The van der Waals surface area contributed by atoms with Crippen molar-refractivity contribution >= 4 is 11.7 Å². The molecule has 0 aliphatic carbocycles. The molecule has 2 heterocycles. The van der Waals surface area contributed by atoms with Crippen LogP contribution in [0.4, 0.5) is 5.82 Å². The summed E-state index contributed by atoms with van der Waals surface area (Å²) in [6.45, 7) is 6.10. The Hall–Kier alpha value is -3.42. The van der Waals surface area contributed by atoms with Crippen LogP contribution in [0.1, 0.15) is 35.6 Å². The number of carbonyl (C=O) groups is 1. The molecule has 0 atom stereocenters. The number of rotatable bonds is 6. The van der Waals surface area contributed by atoms with Crippen LogP contribution in [-0.2, 0) is 6.42 Å². The number of aromatic amines is 1. The number of nitrogens with zero attached hydrogens (tertiary/aromatic N) is 3. The molecule has 8 heteroatoms. The van der Waals surface area contributed by atoms with Crippen molar-refractivity contribution in [1.82, 2.24) is 19.7 Å². The highest BCUT2D eigenvalue weighted by molar-refractivity contribution is 6.04. The topological polar surface area (TPSA) is 102 Å². The molecule has 0 aliphatic heterocycles. The second-order valence-corrected chi connectivity index (χ2v) is 5.91. The number of carbonyl (C=O) groups excluding carboxylic acids is 1. The number of amides is 1. The standard InChI is InChI=1S/C19H21N5O3/c1-4-14-11-17(25)22-19(20-14)24-16(9-12(3)23-24)21-18(26)13-7-6-8-15(10-13)27-5-2/h6-11H,4-5H2,1-3H3,(H,21,26)(H,20,22,25). The van der Waals surface area contributed by atoms with Crippen LogP contribution in [0.5, 0.6) is 5.75 Å². The van der Waals surface area contributed by atoms with Gasteiger partial charge in [-0.25, -0.2) is 4.98 Å². The summed E-state index contributed by atoms with van der Waals surface area (Å²) in [4.78, 5) is 31.6. The molecule has 0 saturated heterocycles. The molecule has 1 aromatic carbocycles. The van der Waals surface area contributed by atoms with Crippen LogP contribution in [0.2, 0.25) is 0 Å². The number of H-pyrrole nitrogens is 1. The first-order valence-electron chi connectivity index (χ1n) is 8.71. The monoisotopic (exact) mass is 367 g/mol. The lowest BCUT2D eigenvalue weighted by Gasteiger charge is -2.10. The summed E-state index contributed by atoms with van der Waals surface area (Å²) in [6.07, 6.45) is 0.614. The van der Waals surface area contributed by atoms with E-state index in [0.29, 0.717) is 41.5 Å². The molecule has 0 spiro atoms. The van der Waals surface area contributed by atoms with Crippen molar-refractivity contribution in [3.05, 3.63) is 63.7 Å². The first-order chi connectivity index (χ1) is 13.0. The summed E-state index contributed by atoms with van der Waals surface area (Å²) in [6, 6.07) is 10.1. The highest BCUT2D eigenvalue weighted by atomic mass is 16.5. The van der Waals surface area contributed by atoms with Gasteiger partial charge >= 0.3 is 0 Å². The Morgan fingerprint density at radius 1 is 1.26 bits per heavy atom. The van der Waals surface area contributed by atoms with Crippen molar-refractivity contribution in [3.8, 4) is 11.7 Å². The Morgan fingerprint density at radius 2 is 2.07 bits per heavy atom. The molecule has 0 unspecified atom stereocenters. The van der Waals surface area contributed by atoms with E-state index in [0.717, 1.165) is 0 Å². The summed E-state index contributed by atoms with van der Waals surface area (Å²) < 4.78 is 6.85. The van der Waals surface area contributed by atoms with Crippen LogP contribution in [0.3, 0.4) is 0 Å². The fourth-order valence-corrected chi connectivity index (χ4v) is 2.61. The Kier molecular flexibility index (Phi) is 5.35. The lowest BCUT2D eigenvalue weighted by Crippen LogP contribution is -2.19. The number of nitrogens with one attached hydrogen (secondary N) is 2. The number of aromatic nitrogens is 4. The van der Waals surface area contributed by atoms with E-state index >= 15 is 0 Å². The lowest BCUT2D eigenvalue weighted by atomic mass is 10.2. The van der Waals surface area contributed by atoms with Crippen molar-refractivity contribution < 1.29 is 9.53 Å². The number of hydrogen-bond acceptors (Lipinski definition) is 5. The summed E-state index contributed by atoms with van der Waals surface area (Å²) in [5, 5.41) is 7.15. The van der Waals surface area contributed by atoms with E-state index in [1.165, 1.54) is 10.7 Å².